The van der Waals surface area contributed by atoms with E-state index < -0.39 is 0 Å². The van der Waals surface area contributed by atoms with Crippen molar-refractivity contribution in [3.8, 4) is 5.75 Å². The molecule has 1 rings (SSSR count). The molecule has 0 aliphatic carbocycles. The highest BCUT2D eigenvalue weighted by atomic mass is 35.5. The fraction of sp³-hybridized carbons (Fsp3) is 0.250. The van der Waals surface area contributed by atoms with Crippen molar-refractivity contribution >= 4 is 17.3 Å². The number of methoxy groups -OCH3 is 1. The minimum Gasteiger partial charge on any atom is -0.495 e. The Balaban J connectivity index is 3.29. The van der Waals surface area contributed by atoms with Crippen LogP contribution in [0.1, 0.15) is 5.56 Å². The van der Waals surface area contributed by atoms with Crippen LogP contribution >= 0.6 is 11.6 Å². The lowest BCUT2D eigenvalue weighted by Gasteiger charge is -2.08. The van der Waals surface area contributed by atoms with E-state index in [1.807, 2.05) is 6.92 Å². The van der Waals surface area contributed by atoms with Crippen LogP contribution in [0.5, 0.6) is 5.75 Å². The van der Waals surface area contributed by atoms with Gasteiger partial charge in [-0.3, -0.25) is 0 Å². The van der Waals surface area contributed by atoms with Gasteiger partial charge in [-0.25, -0.2) is 0 Å². The summed E-state index contributed by atoms with van der Waals surface area (Å²) in [5, 5.41) is 0.596. The van der Waals surface area contributed by atoms with Crippen LogP contribution in [0.15, 0.2) is 12.1 Å². The maximum absolute atomic E-state index is 5.82. The van der Waals surface area contributed by atoms with Gasteiger partial charge in [0.25, 0.3) is 0 Å². The van der Waals surface area contributed by atoms with Crippen LogP contribution in [0.25, 0.3) is 0 Å². The molecule has 1 aromatic rings. The van der Waals surface area contributed by atoms with Crippen LogP contribution in [0, 0.1) is 6.92 Å². The van der Waals surface area contributed by atoms with E-state index in [9.17, 15) is 0 Å². The zero-order valence-electron chi connectivity index (χ0n) is 6.52. The van der Waals surface area contributed by atoms with Crippen LogP contribution in [-0.4, -0.2) is 7.11 Å². The van der Waals surface area contributed by atoms with E-state index in [1.165, 1.54) is 0 Å². The molecular weight excluding hydrogens is 162 g/mol. The predicted molar refractivity (Wildman–Crippen MR) is 47.2 cm³/mol. The van der Waals surface area contributed by atoms with Crippen LogP contribution in [0.3, 0.4) is 0 Å². The van der Waals surface area contributed by atoms with Gasteiger partial charge in [0.15, 0.2) is 0 Å². The van der Waals surface area contributed by atoms with Crippen molar-refractivity contribution in [1.82, 2.24) is 0 Å². The Morgan fingerprint density at radius 2 is 2.09 bits per heavy atom. The van der Waals surface area contributed by atoms with Crippen LogP contribution in [0.2, 0.25) is 5.02 Å². The molecule has 0 fully saturated rings. The second-order valence-electron chi connectivity index (χ2n) is 2.29. The van der Waals surface area contributed by atoms with E-state index in [4.69, 9.17) is 22.1 Å². The molecule has 0 spiro atoms. The van der Waals surface area contributed by atoms with Crippen LogP contribution in [-0.2, 0) is 0 Å². The zero-order chi connectivity index (χ0) is 8.43. The third-order valence-corrected chi connectivity index (χ3v) is 1.90. The van der Waals surface area contributed by atoms with Crippen molar-refractivity contribution in [2.75, 3.05) is 12.8 Å². The maximum atomic E-state index is 5.82. The number of ether oxygens (including phenoxy) is 1. The molecule has 3 heteroatoms. The molecule has 0 aromatic heterocycles. The maximum Gasteiger partial charge on any atom is 0.142 e. The van der Waals surface area contributed by atoms with Crippen LogP contribution < -0.4 is 10.5 Å². The summed E-state index contributed by atoms with van der Waals surface area (Å²) in [6, 6.07) is 3.49. The third kappa shape index (κ3) is 1.40. The van der Waals surface area contributed by atoms with Crippen molar-refractivity contribution in [3.05, 3.63) is 22.7 Å². The highest BCUT2D eigenvalue weighted by Crippen LogP contribution is 2.31. The third-order valence-electron chi connectivity index (χ3n) is 1.60. The molecule has 60 valence electrons. The Hall–Kier alpha value is -0.890. The van der Waals surface area contributed by atoms with Gasteiger partial charge in [0.1, 0.15) is 5.75 Å². The van der Waals surface area contributed by atoms with Gasteiger partial charge in [0.2, 0.25) is 0 Å². The first-order chi connectivity index (χ1) is 5.16. The molecule has 0 heterocycles. The molecule has 11 heavy (non-hydrogen) atoms. The van der Waals surface area contributed by atoms with E-state index in [0.717, 1.165) is 5.56 Å². The van der Waals surface area contributed by atoms with Gasteiger partial charge >= 0.3 is 0 Å². The Kier molecular flexibility index (Phi) is 2.25. The molecule has 0 saturated carbocycles. The summed E-state index contributed by atoms with van der Waals surface area (Å²) in [6.07, 6.45) is 0. The van der Waals surface area contributed by atoms with Gasteiger partial charge in [-0.1, -0.05) is 11.6 Å². The van der Waals surface area contributed by atoms with E-state index in [0.29, 0.717) is 16.5 Å². The van der Waals surface area contributed by atoms with E-state index in [-0.39, 0.29) is 0 Å². The number of rotatable bonds is 1. The Morgan fingerprint density at radius 1 is 1.45 bits per heavy atom. The largest absolute Gasteiger partial charge is 0.495 e. The SMILES string of the molecule is COc1c(Cl)ccc(N)c1C. The molecule has 0 radical (unpaired) electrons. The van der Waals surface area contributed by atoms with Crippen molar-refractivity contribution in [1.29, 1.82) is 0 Å². The summed E-state index contributed by atoms with van der Waals surface area (Å²) in [5.74, 6) is 0.659. The standard InChI is InChI=1S/C8H10ClNO/c1-5-7(10)4-3-6(9)8(5)11-2/h3-4H,10H2,1-2H3. The van der Waals surface area contributed by atoms with Crippen LogP contribution in [0.4, 0.5) is 5.69 Å². The lowest BCUT2D eigenvalue weighted by Crippen LogP contribution is -1.94. The average Bonchev–Trinajstić information content (AvgIpc) is 1.99. The number of nitrogen functional groups attached to an aromatic ring is 1. The quantitative estimate of drug-likeness (QED) is 0.658. The van der Waals surface area contributed by atoms with Gasteiger partial charge in [0.05, 0.1) is 12.1 Å². The molecule has 1 aromatic carbocycles. The minimum absolute atomic E-state index is 0.596. The summed E-state index contributed by atoms with van der Waals surface area (Å²) in [7, 11) is 1.58. The predicted octanol–water partition coefficient (Wildman–Crippen LogP) is 2.24. The molecule has 0 aliphatic rings. The van der Waals surface area contributed by atoms with Crippen molar-refractivity contribution in [2.24, 2.45) is 0 Å². The molecule has 2 nitrogen and oxygen atoms in total. The van der Waals surface area contributed by atoms with E-state index >= 15 is 0 Å². The van der Waals surface area contributed by atoms with Crippen molar-refractivity contribution in [2.45, 2.75) is 6.92 Å². The number of hydrogen-bond acceptors (Lipinski definition) is 2. The number of hydrogen-bond donors (Lipinski definition) is 1. The molecule has 0 aliphatic heterocycles. The monoisotopic (exact) mass is 171 g/mol. The zero-order valence-corrected chi connectivity index (χ0v) is 7.27. The fourth-order valence-electron chi connectivity index (χ4n) is 0.924. The van der Waals surface area contributed by atoms with Gasteiger partial charge < -0.3 is 10.5 Å². The lowest BCUT2D eigenvalue weighted by molar-refractivity contribution is 0.412. The number of nitrogens with two attached hydrogens (primary N) is 1. The Morgan fingerprint density at radius 3 is 2.55 bits per heavy atom. The topological polar surface area (TPSA) is 35.2 Å². The summed E-state index contributed by atoms with van der Waals surface area (Å²) in [4.78, 5) is 0. The molecule has 0 atom stereocenters. The summed E-state index contributed by atoms with van der Waals surface area (Å²) in [6.45, 7) is 1.88. The van der Waals surface area contributed by atoms with Gasteiger partial charge in [-0.2, -0.15) is 0 Å². The number of anilines is 1. The first-order valence-corrected chi connectivity index (χ1v) is 3.63. The highest BCUT2D eigenvalue weighted by Gasteiger charge is 2.05. The van der Waals surface area contributed by atoms with Gasteiger partial charge in [-0.05, 0) is 19.1 Å². The van der Waals surface area contributed by atoms with Gasteiger partial charge in [-0.15, -0.1) is 0 Å². The van der Waals surface area contributed by atoms with Crippen molar-refractivity contribution < 1.29 is 4.74 Å². The lowest BCUT2D eigenvalue weighted by atomic mass is 10.2. The first kappa shape index (κ1) is 8.21. The smallest absolute Gasteiger partial charge is 0.142 e. The summed E-state index contributed by atoms with van der Waals surface area (Å²) >= 11 is 5.82. The first-order valence-electron chi connectivity index (χ1n) is 3.25. The molecular formula is C8H10ClNO. The molecule has 0 bridgehead atoms. The van der Waals surface area contributed by atoms with E-state index in [1.54, 1.807) is 19.2 Å². The van der Waals surface area contributed by atoms with Gasteiger partial charge in [0, 0.05) is 11.3 Å². The molecule has 0 saturated heterocycles. The molecule has 0 amide bonds. The summed E-state index contributed by atoms with van der Waals surface area (Å²) in [5.41, 5.74) is 7.22. The Labute approximate surface area is 70.9 Å². The number of benzene rings is 1. The summed E-state index contributed by atoms with van der Waals surface area (Å²) < 4.78 is 5.04. The second kappa shape index (κ2) is 3.01. The van der Waals surface area contributed by atoms with Crippen molar-refractivity contribution in [3.63, 3.8) is 0 Å². The average molecular weight is 172 g/mol. The number of halogens is 1. The minimum atomic E-state index is 0.596. The molecule has 2 N–H and O–H groups in total. The molecule has 0 unspecified atom stereocenters. The fourth-order valence-corrected chi connectivity index (χ4v) is 1.21. The van der Waals surface area contributed by atoms with E-state index in [2.05, 4.69) is 0 Å². The highest BCUT2D eigenvalue weighted by molar-refractivity contribution is 6.32. The normalized spacial score (nSPS) is 9.73. The second-order valence-corrected chi connectivity index (χ2v) is 2.70. The Bertz CT molecular complexity index is 273.